The van der Waals surface area contributed by atoms with Crippen molar-refractivity contribution in [1.82, 2.24) is 5.32 Å². The van der Waals surface area contributed by atoms with Crippen LogP contribution in [0.15, 0.2) is 48.5 Å². The van der Waals surface area contributed by atoms with Crippen molar-refractivity contribution >= 4 is 23.2 Å². The predicted octanol–water partition coefficient (Wildman–Crippen LogP) is 3.16. The van der Waals surface area contributed by atoms with Crippen LogP contribution in [0.3, 0.4) is 0 Å². The van der Waals surface area contributed by atoms with Gasteiger partial charge in [-0.3, -0.25) is 9.59 Å². The molecule has 2 amide bonds. The van der Waals surface area contributed by atoms with Gasteiger partial charge in [0.2, 0.25) is 0 Å². The molecule has 1 aliphatic rings. The van der Waals surface area contributed by atoms with Crippen LogP contribution in [0.5, 0.6) is 0 Å². The van der Waals surface area contributed by atoms with Crippen molar-refractivity contribution in [2.24, 2.45) is 5.92 Å². The highest BCUT2D eigenvalue weighted by Crippen LogP contribution is 2.19. The van der Waals surface area contributed by atoms with E-state index in [2.05, 4.69) is 15.5 Å². The topological polar surface area (TPSA) is 70.7 Å². The number of carbonyl (C=O) groups excluding carboxylic acids is 2. The second-order valence-electron chi connectivity index (χ2n) is 7.25. The third-order valence-electron chi connectivity index (χ3n) is 4.60. The van der Waals surface area contributed by atoms with Gasteiger partial charge in [0.05, 0.1) is 24.5 Å². The van der Waals surface area contributed by atoms with E-state index in [1.165, 1.54) is 0 Å². The second-order valence-corrected chi connectivity index (χ2v) is 7.25. The number of hydrogen-bond donors (Lipinski definition) is 2. The Morgan fingerprint density at radius 3 is 2.36 bits per heavy atom. The largest absolute Gasteiger partial charge is 0.378 e. The van der Waals surface area contributed by atoms with Crippen molar-refractivity contribution in [2.45, 2.75) is 13.8 Å². The van der Waals surface area contributed by atoms with E-state index in [4.69, 9.17) is 4.74 Å². The van der Waals surface area contributed by atoms with Gasteiger partial charge in [-0.15, -0.1) is 0 Å². The van der Waals surface area contributed by atoms with Crippen molar-refractivity contribution in [2.75, 3.05) is 43.1 Å². The molecular formula is C22H27N3O3. The summed E-state index contributed by atoms with van der Waals surface area (Å²) < 4.78 is 5.37. The Morgan fingerprint density at radius 1 is 1.00 bits per heavy atom. The van der Waals surface area contributed by atoms with Crippen LogP contribution in [0, 0.1) is 5.92 Å². The minimum absolute atomic E-state index is 0.188. The Morgan fingerprint density at radius 2 is 1.68 bits per heavy atom. The van der Waals surface area contributed by atoms with Crippen LogP contribution in [0.2, 0.25) is 0 Å². The minimum Gasteiger partial charge on any atom is -0.378 e. The third kappa shape index (κ3) is 5.10. The third-order valence-corrected chi connectivity index (χ3v) is 4.60. The molecule has 1 heterocycles. The first-order valence-corrected chi connectivity index (χ1v) is 9.66. The van der Waals surface area contributed by atoms with Gasteiger partial charge < -0.3 is 20.3 Å². The Hall–Kier alpha value is -2.86. The first-order chi connectivity index (χ1) is 13.5. The summed E-state index contributed by atoms with van der Waals surface area (Å²) in [4.78, 5) is 27.3. The van der Waals surface area contributed by atoms with E-state index >= 15 is 0 Å². The zero-order valence-corrected chi connectivity index (χ0v) is 16.4. The van der Waals surface area contributed by atoms with E-state index in [0.29, 0.717) is 29.3 Å². The van der Waals surface area contributed by atoms with Gasteiger partial charge in [-0.2, -0.15) is 0 Å². The molecule has 6 heteroatoms. The minimum atomic E-state index is -0.238. The van der Waals surface area contributed by atoms with Crippen LogP contribution in [0.4, 0.5) is 11.4 Å². The number of para-hydroxylation sites is 1. The van der Waals surface area contributed by atoms with Crippen molar-refractivity contribution in [3.63, 3.8) is 0 Å². The molecule has 0 radical (unpaired) electrons. The average molecular weight is 381 g/mol. The Balaban J connectivity index is 1.68. The molecule has 0 spiro atoms. The summed E-state index contributed by atoms with van der Waals surface area (Å²) in [5.41, 5.74) is 2.59. The molecule has 1 fully saturated rings. The van der Waals surface area contributed by atoms with Crippen molar-refractivity contribution < 1.29 is 14.3 Å². The van der Waals surface area contributed by atoms with E-state index < -0.39 is 0 Å². The zero-order valence-electron chi connectivity index (χ0n) is 16.4. The number of hydrogen-bond acceptors (Lipinski definition) is 4. The van der Waals surface area contributed by atoms with E-state index in [-0.39, 0.29) is 11.8 Å². The number of anilines is 2. The lowest BCUT2D eigenvalue weighted by atomic mass is 10.1. The summed E-state index contributed by atoms with van der Waals surface area (Å²) >= 11 is 0. The number of nitrogens with one attached hydrogen (secondary N) is 2. The van der Waals surface area contributed by atoms with Crippen LogP contribution in [-0.4, -0.2) is 44.7 Å². The van der Waals surface area contributed by atoms with E-state index in [9.17, 15) is 9.59 Å². The maximum atomic E-state index is 12.7. The van der Waals surface area contributed by atoms with Crippen LogP contribution in [0.25, 0.3) is 0 Å². The molecule has 6 nitrogen and oxygen atoms in total. The standard InChI is InChI=1S/C22H27N3O3/c1-16(2)15-23-22(27)19-5-3-4-6-20(19)24-21(26)17-7-9-18(10-8-17)25-11-13-28-14-12-25/h3-10,16H,11-15H2,1-2H3,(H,23,27)(H,24,26). The molecule has 0 saturated carbocycles. The quantitative estimate of drug-likeness (QED) is 0.806. The van der Waals surface area contributed by atoms with Gasteiger partial charge in [0, 0.05) is 30.9 Å². The van der Waals surface area contributed by atoms with Crippen molar-refractivity contribution in [1.29, 1.82) is 0 Å². The SMILES string of the molecule is CC(C)CNC(=O)c1ccccc1NC(=O)c1ccc(N2CCOCC2)cc1. The molecule has 148 valence electrons. The van der Waals surface area contributed by atoms with Crippen LogP contribution in [0.1, 0.15) is 34.6 Å². The molecule has 1 saturated heterocycles. The van der Waals surface area contributed by atoms with E-state index in [1.807, 2.05) is 38.1 Å². The van der Waals surface area contributed by atoms with Crippen LogP contribution >= 0.6 is 0 Å². The van der Waals surface area contributed by atoms with Gasteiger partial charge in [0.15, 0.2) is 0 Å². The number of ether oxygens (including phenoxy) is 1. The molecule has 3 rings (SSSR count). The lowest BCUT2D eigenvalue weighted by molar-refractivity contribution is 0.0950. The lowest BCUT2D eigenvalue weighted by Crippen LogP contribution is -2.36. The van der Waals surface area contributed by atoms with Gasteiger partial charge in [-0.1, -0.05) is 26.0 Å². The molecule has 2 aromatic carbocycles. The Labute approximate surface area is 165 Å². The van der Waals surface area contributed by atoms with Gasteiger partial charge in [-0.05, 0) is 42.3 Å². The van der Waals surface area contributed by atoms with Crippen molar-refractivity contribution in [3.8, 4) is 0 Å². The molecule has 0 unspecified atom stereocenters. The van der Waals surface area contributed by atoms with E-state index in [0.717, 1.165) is 32.0 Å². The Kier molecular flexibility index (Phi) is 6.66. The zero-order chi connectivity index (χ0) is 19.9. The first-order valence-electron chi connectivity index (χ1n) is 9.66. The highest BCUT2D eigenvalue weighted by Gasteiger charge is 2.15. The molecule has 2 N–H and O–H groups in total. The number of morpholine rings is 1. The molecule has 2 aromatic rings. The lowest BCUT2D eigenvalue weighted by Gasteiger charge is -2.28. The summed E-state index contributed by atoms with van der Waals surface area (Å²) in [6, 6.07) is 14.6. The smallest absolute Gasteiger partial charge is 0.255 e. The Bertz CT molecular complexity index is 812. The summed E-state index contributed by atoms with van der Waals surface area (Å²) in [7, 11) is 0. The number of benzene rings is 2. The molecule has 0 bridgehead atoms. The summed E-state index contributed by atoms with van der Waals surface area (Å²) in [5, 5.41) is 5.75. The molecule has 28 heavy (non-hydrogen) atoms. The maximum absolute atomic E-state index is 12.7. The predicted molar refractivity (Wildman–Crippen MR) is 111 cm³/mol. The van der Waals surface area contributed by atoms with Gasteiger partial charge in [0.25, 0.3) is 11.8 Å². The van der Waals surface area contributed by atoms with Gasteiger partial charge in [-0.25, -0.2) is 0 Å². The summed E-state index contributed by atoms with van der Waals surface area (Å²) in [6.07, 6.45) is 0. The molecule has 0 aliphatic carbocycles. The monoisotopic (exact) mass is 381 g/mol. The summed E-state index contributed by atoms with van der Waals surface area (Å²) in [5.74, 6) is -0.0689. The van der Waals surface area contributed by atoms with Crippen LogP contribution < -0.4 is 15.5 Å². The maximum Gasteiger partial charge on any atom is 0.255 e. The highest BCUT2D eigenvalue weighted by atomic mass is 16.5. The molecule has 0 aromatic heterocycles. The molecule has 0 atom stereocenters. The first kappa shape index (κ1) is 19.9. The second kappa shape index (κ2) is 9.37. The van der Waals surface area contributed by atoms with Gasteiger partial charge >= 0.3 is 0 Å². The highest BCUT2D eigenvalue weighted by molar-refractivity contribution is 6.09. The fourth-order valence-electron chi connectivity index (χ4n) is 3.02. The van der Waals surface area contributed by atoms with Crippen LogP contribution in [-0.2, 0) is 4.74 Å². The fraction of sp³-hybridized carbons (Fsp3) is 0.364. The molecular weight excluding hydrogens is 354 g/mol. The summed E-state index contributed by atoms with van der Waals surface area (Å²) in [6.45, 7) is 7.80. The number of nitrogens with zero attached hydrogens (tertiary/aromatic N) is 1. The number of amides is 2. The van der Waals surface area contributed by atoms with Gasteiger partial charge in [0.1, 0.15) is 0 Å². The van der Waals surface area contributed by atoms with Crippen molar-refractivity contribution in [3.05, 3.63) is 59.7 Å². The average Bonchev–Trinajstić information content (AvgIpc) is 2.73. The number of carbonyl (C=O) groups is 2. The van der Waals surface area contributed by atoms with E-state index in [1.54, 1.807) is 24.3 Å². The normalized spacial score (nSPS) is 14.0. The fourth-order valence-corrected chi connectivity index (χ4v) is 3.02. The number of rotatable bonds is 6. The molecule has 1 aliphatic heterocycles.